The van der Waals surface area contributed by atoms with Gasteiger partial charge in [0.05, 0.1) is 29.4 Å². The van der Waals surface area contributed by atoms with Gasteiger partial charge in [0.15, 0.2) is 6.23 Å². The van der Waals surface area contributed by atoms with Crippen LogP contribution < -0.4 is 10.1 Å². The summed E-state index contributed by atoms with van der Waals surface area (Å²) in [7, 11) is 3.74. The van der Waals surface area contributed by atoms with Crippen molar-refractivity contribution in [1.29, 1.82) is 0 Å². The zero-order valence-electron chi connectivity index (χ0n) is 25.5. The number of hydrogen-bond donors (Lipinski definition) is 1. The first-order chi connectivity index (χ1) is 20.4. The van der Waals surface area contributed by atoms with E-state index in [-0.39, 0.29) is 12.8 Å². The first kappa shape index (κ1) is 30.9. The number of ether oxygens (including phenoxy) is 3. The third kappa shape index (κ3) is 6.83. The van der Waals surface area contributed by atoms with E-state index in [0.717, 1.165) is 62.9 Å². The van der Waals surface area contributed by atoms with Crippen LogP contribution in [0.3, 0.4) is 0 Å². The van der Waals surface area contributed by atoms with Crippen LogP contribution >= 0.6 is 22.6 Å². The molecule has 11 nitrogen and oxygen atoms in total. The third-order valence-electron chi connectivity index (χ3n) is 7.28. The first-order valence-corrected chi connectivity index (χ1v) is 15.5. The van der Waals surface area contributed by atoms with Gasteiger partial charge in [-0.25, -0.2) is 9.48 Å². The van der Waals surface area contributed by atoms with E-state index in [2.05, 4.69) is 44.0 Å². The van der Waals surface area contributed by atoms with Crippen LogP contribution in [0, 0.1) is 23.0 Å². The standard InChI is InChI=1S/C31H38IN7O4/c1-8-23-21-17-20(12-13-25(21)39(34-23)26-11-9-10-15-41-26)22-18-37(6)36-29(22)42-16-14-24(33-30(40)43-31(3,4)5)27-19(2)28(32)38(7)35-27/h1,12-13,17-18,24,26H,9-11,14-16H2,2-7H3,(H,33,40). The van der Waals surface area contributed by atoms with Gasteiger partial charge in [-0.1, -0.05) is 6.07 Å². The summed E-state index contributed by atoms with van der Waals surface area (Å²) in [6, 6.07) is 5.67. The monoisotopic (exact) mass is 699 g/mol. The molecule has 0 bridgehead atoms. The molecule has 3 aromatic heterocycles. The fourth-order valence-corrected chi connectivity index (χ4v) is 5.67. The predicted octanol–water partition coefficient (Wildman–Crippen LogP) is 5.80. The highest BCUT2D eigenvalue weighted by Gasteiger charge is 2.26. The maximum absolute atomic E-state index is 12.7. The molecule has 1 aliphatic heterocycles. The molecule has 1 aliphatic rings. The molecule has 2 unspecified atom stereocenters. The molecule has 4 aromatic rings. The lowest BCUT2D eigenvalue weighted by Gasteiger charge is -2.23. The molecule has 43 heavy (non-hydrogen) atoms. The number of aryl methyl sites for hydroxylation is 2. The SMILES string of the molecule is C#Cc1nn(C2CCCCO2)c2ccc(-c3cn(C)nc3OCCC(NC(=O)OC(C)(C)C)c3nn(C)c(I)c3C)cc12. The minimum Gasteiger partial charge on any atom is -0.476 e. The van der Waals surface area contributed by atoms with Crippen molar-refractivity contribution in [1.82, 2.24) is 34.7 Å². The minimum absolute atomic E-state index is 0.116. The molecule has 2 atom stereocenters. The highest BCUT2D eigenvalue weighted by molar-refractivity contribution is 14.1. The van der Waals surface area contributed by atoms with E-state index in [1.54, 1.807) is 9.36 Å². The van der Waals surface area contributed by atoms with Gasteiger partial charge in [-0.3, -0.25) is 9.36 Å². The van der Waals surface area contributed by atoms with Gasteiger partial charge in [-0.05, 0) is 93.2 Å². The van der Waals surface area contributed by atoms with Crippen LogP contribution in [-0.4, -0.2) is 54.2 Å². The third-order valence-corrected chi connectivity index (χ3v) is 8.79. The molecular weight excluding hydrogens is 661 g/mol. The van der Waals surface area contributed by atoms with Crippen molar-refractivity contribution in [3.05, 3.63) is 45.0 Å². The second-order valence-electron chi connectivity index (χ2n) is 11.8. The molecule has 1 aromatic carbocycles. The summed E-state index contributed by atoms with van der Waals surface area (Å²) in [5.41, 5.74) is 4.40. The quantitative estimate of drug-likeness (QED) is 0.183. The van der Waals surface area contributed by atoms with E-state index in [1.165, 1.54) is 0 Å². The molecule has 1 fully saturated rings. The van der Waals surface area contributed by atoms with E-state index in [9.17, 15) is 4.79 Å². The molecule has 1 amide bonds. The number of nitrogens with one attached hydrogen (secondary N) is 1. The number of terminal acetylenes is 1. The van der Waals surface area contributed by atoms with Crippen LogP contribution in [-0.2, 0) is 23.6 Å². The molecular formula is C31H38IN7O4. The Labute approximate surface area is 265 Å². The summed E-state index contributed by atoms with van der Waals surface area (Å²) in [6.45, 7) is 8.50. The number of hydrogen-bond acceptors (Lipinski definition) is 7. The maximum Gasteiger partial charge on any atom is 0.408 e. The van der Waals surface area contributed by atoms with E-state index in [0.29, 0.717) is 18.0 Å². The second kappa shape index (κ2) is 12.6. The number of aromatic nitrogens is 6. The molecule has 0 radical (unpaired) electrons. The molecule has 228 valence electrons. The Morgan fingerprint density at radius 1 is 1.26 bits per heavy atom. The second-order valence-corrected chi connectivity index (χ2v) is 12.8. The first-order valence-electron chi connectivity index (χ1n) is 14.4. The highest BCUT2D eigenvalue weighted by atomic mass is 127. The Morgan fingerprint density at radius 2 is 2.05 bits per heavy atom. The largest absolute Gasteiger partial charge is 0.476 e. The van der Waals surface area contributed by atoms with Crippen molar-refractivity contribution in [3.63, 3.8) is 0 Å². The fourth-order valence-electron chi connectivity index (χ4n) is 5.28. The molecule has 0 spiro atoms. The molecule has 4 heterocycles. The Kier molecular flexibility index (Phi) is 9.03. The summed E-state index contributed by atoms with van der Waals surface area (Å²) in [5.74, 6) is 3.22. The average Bonchev–Trinajstić information content (AvgIpc) is 3.60. The van der Waals surface area contributed by atoms with Gasteiger partial charge in [-0.2, -0.15) is 10.2 Å². The van der Waals surface area contributed by atoms with Crippen LogP contribution in [0.5, 0.6) is 5.88 Å². The van der Waals surface area contributed by atoms with Gasteiger partial charge in [0.1, 0.15) is 15.0 Å². The van der Waals surface area contributed by atoms with Gasteiger partial charge in [0.25, 0.3) is 0 Å². The zero-order chi connectivity index (χ0) is 30.9. The number of rotatable bonds is 8. The number of alkyl carbamates (subject to hydrolysis) is 1. The number of amides is 1. The molecule has 5 rings (SSSR count). The molecule has 12 heteroatoms. The fraction of sp³-hybridized carbons (Fsp3) is 0.484. The van der Waals surface area contributed by atoms with Crippen LogP contribution in [0.1, 0.15) is 75.7 Å². The number of carbonyl (C=O) groups is 1. The number of fused-ring (bicyclic) bond motifs is 1. The predicted molar refractivity (Wildman–Crippen MR) is 172 cm³/mol. The minimum atomic E-state index is -0.623. The lowest BCUT2D eigenvalue weighted by Crippen LogP contribution is -2.36. The normalized spacial score (nSPS) is 16.2. The van der Waals surface area contributed by atoms with Gasteiger partial charge >= 0.3 is 6.09 Å². The summed E-state index contributed by atoms with van der Waals surface area (Å²) < 4.78 is 24.2. The van der Waals surface area contributed by atoms with Gasteiger partial charge in [-0.15, -0.1) is 11.5 Å². The summed E-state index contributed by atoms with van der Waals surface area (Å²) in [6.07, 6.45) is 10.7. The van der Waals surface area contributed by atoms with Gasteiger partial charge in [0.2, 0.25) is 5.88 Å². The van der Waals surface area contributed by atoms with Crippen molar-refractivity contribution >= 4 is 39.6 Å². The Morgan fingerprint density at radius 3 is 2.70 bits per heavy atom. The zero-order valence-corrected chi connectivity index (χ0v) is 27.6. The topological polar surface area (TPSA) is 110 Å². The lowest BCUT2D eigenvalue weighted by molar-refractivity contribution is -0.0367. The maximum atomic E-state index is 12.7. The lowest BCUT2D eigenvalue weighted by atomic mass is 10.1. The van der Waals surface area contributed by atoms with E-state index < -0.39 is 17.7 Å². The van der Waals surface area contributed by atoms with E-state index in [1.807, 2.05) is 70.9 Å². The van der Waals surface area contributed by atoms with Crippen molar-refractivity contribution in [2.24, 2.45) is 14.1 Å². The van der Waals surface area contributed by atoms with Crippen molar-refractivity contribution in [3.8, 4) is 29.4 Å². The highest BCUT2D eigenvalue weighted by Crippen LogP contribution is 2.34. The summed E-state index contributed by atoms with van der Waals surface area (Å²) in [4.78, 5) is 12.7. The van der Waals surface area contributed by atoms with Crippen LogP contribution in [0.4, 0.5) is 4.79 Å². The van der Waals surface area contributed by atoms with Crippen molar-refractivity contribution in [2.45, 2.75) is 71.2 Å². The van der Waals surface area contributed by atoms with Crippen LogP contribution in [0.2, 0.25) is 0 Å². The van der Waals surface area contributed by atoms with Crippen LogP contribution in [0.25, 0.3) is 22.0 Å². The van der Waals surface area contributed by atoms with E-state index >= 15 is 0 Å². The summed E-state index contributed by atoms with van der Waals surface area (Å²) in [5, 5.41) is 17.8. The average molecular weight is 700 g/mol. The summed E-state index contributed by atoms with van der Waals surface area (Å²) >= 11 is 2.25. The van der Waals surface area contributed by atoms with Crippen molar-refractivity contribution in [2.75, 3.05) is 13.2 Å². The number of benzene rings is 1. The Bertz CT molecular complexity index is 1670. The number of nitrogens with zero attached hydrogens (tertiary/aromatic N) is 6. The van der Waals surface area contributed by atoms with Crippen molar-refractivity contribution < 1.29 is 19.0 Å². The Balaban J connectivity index is 1.38. The Hall–Kier alpha value is -3.57. The van der Waals surface area contributed by atoms with Crippen LogP contribution in [0.15, 0.2) is 24.4 Å². The molecule has 1 saturated heterocycles. The molecule has 1 N–H and O–H groups in total. The van der Waals surface area contributed by atoms with Gasteiger partial charge in [0, 0.05) is 44.3 Å². The smallest absolute Gasteiger partial charge is 0.408 e. The number of carbonyl (C=O) groups excluding carboxylic acids is 1. The van der Waals surface area contributed by atoms with Gasteiger partial charge < -0.3 is 19.5 Å². The molecule has 0 saturated carbocycles. The molecule has 0 aliphatic carbocycles. The number of halogens is 1. The van der Waals surface area contributed by atoms with E-state index in [4.69, 9.17) is 25.7 Å².